The first-order chi connectivity index (χ1) is 13.7. The van der Waals surface area contributed by atoms with Crippen molar-refractivity contribution in [1.82, 2.24) is 24.8 Å². The molecule has 28 heavy (non-hydrogen) atoms. The van der Waals surface area contributed by atoms with E-state index in [0.29, 0.717) is 12.5 Å². The molecule has 1 aromatic carbocycles. The highest BCUT2D eigenvalue weighted by molar-refractivity contribution is 5.84. The molecule has 2 bridgehead atoms. The van der Waals surface area contributed by atoms with Crippen LogP contribution in [0.15, 0.2) is 30.5 Å². The Labute approximate surface area is 165 Å². The number of fused-ring (bicyclic) bond motifs is 2. The third-order valence-corrected chi connectivity index (χ3v) is 6.51. The summed E-state index contributed by atoms with van der Waals surface area (Å²) in [5.74, 6) is 1.22. The van der Waals surface area contributed by atoms with Crippen LogP contribution in [0.2, 0.25) is 0 Å². The number of likely N-dealkylation sites (tertiary alicyclic amines) is 1. The van der Waals surface area contributed by atoms with E-state index in [0.717, 1.165) is 69.0 Å². The van der Waals surface area contributed by atoms with Gasteiger partial charge in [-0.25, -0.2) is 4.68 Å². The molecule has 2 aromatic rings. The van der Waals surface area contributed by atoms with Crippen molar-refractivity contribution in [2.45, 2.75) is 32.2 Å². The van der Waals surface area contributed by atoms with E-state index >= 15 is 0 Å². The Bertz CT molecular complexity index is 854. The fraction of sp³-hybridized carbons (Fsp3) is 0.571. The maximum atomic E-state index is 13.1. The van der Waals surface area contributed by atoms with E-state index in [1.54, 1.807) is 0 Å². The molecule has 7 nitrogen and oxygen atoms in total. The van der Waals surface area contributed by atoms with E-state index in [1.807, 2.05) is 47.0 Å². The van der Waals surface area contributed by atoms with Gasteiger partial charge >= 0.3 is 0 Å². The quantitative estimate of drug-likeness (QED) is 0.795. The van der Waals surface area contributed by atoms with Crippen LogP contribution in [0.5, 0.6) is 5.75 Å². The standard InChI is InChI=1S/C21H27N5O2/c1-2-28-18-6-4-16(5-7-18)19-14-26(23-22-19)17-12-25(13-17)20(27)21-8-3-10-24(15-21)11-9-21/h4-7,14,17H,2-3,8-13,15H2,1H3. The predicted molar refractivity (Wildman–Crippen MR) is 105 cm³/mol. The van der Waals surface area contributed by atoms with Gasteiger partial charge in [0.15, 0.2) is 0 Å². The Morgan fingerprint density at radius 2 is 2.04 bits per heavy atom. The Morgan fingerprint density at radius 1 is 1.21 bits per heavy atom. The molecular weight excluding hydrogens is 354 g/mol. The number of hydrogen-bond acceptors (Lipinski definition) is 5. The van der Waals surface area contributed by atoms with E-state index in [4.69, 9.17) is 4.74 Å². The number of rotatable bonds is 5. The van der Waals surface area contributed by atoms with Crippen LogP contribution in [0.1, 0.15) is 32.2 Å². The zero-order chi connectivity index (χ0) is 19.1. The molecule has 2 atom stereocenters. The van der Waals surface area contributed by atoms with Gasteiger partial charge in [-0.2, -0.15) is 0 Å². The Kier molecular flexibility index (Phi) is 4.34. The van der Waals surface area contributed by atoms with Crippen LogP contribution in [-0.2, 0) is 4.79 Å². The lowest BCUT2D eigenvalue weighted by molar-refractivity contribution is -0.149. The largest absolute Gasteiger partial charge is 0.494 e. The highest BCUT2D eigenvalue weighted by atomic mass is 16.5. The van der Waals surface area contributed by atoms with E-state index in [9.17, 15) is 4.79 Å². The molecule has 0 aliphatic carbocycles. The van der Waals surface area contributed by atoms with Gasteiger partial charge in [0.25, 0.3) is 0 Å². The summed E-state index contributed by atoms with van der Waals surface area (Å²) in [4.78, 5) is 17.6. The van der Waals surface area contributed by atoms with Gasteiger partial charge in [0.1, 0.15) is 11.4 Å². The van der Waals surface area contributed by atoms with E-state index in [-0.39, 0.29) is 11.5 Å². The summed E-state index contributed by atoms with van der Waals surface area (Å²) in [7, 11) is 0. The molecule has 3 fully saturated rings. The highest BCUT2D eigenvalue weighted by Crippen LogP contribution is 2.42. The van der Waals surface area contributed by atoms with Crippen molar-refractivity contribution in [3.63, 3.8) is 0 Å². The second-order valence-electron chi connectivity index (χ2n) is 8.32. The molecule has 0 spiro atoms. The Morgan fingerprint density at radius 3 is 2.82 bits per heavy atom. The van der Waals surface area contributed by atoms with Gasteiger partial charge in [0, 0.05) is 25.2 Å². The monoisotopic (exact) mass is 381 g/mol. The molecule has 3 aliphatic heterocycles. The van der Waals surface area contributed by atoms with Crippen LogP contribution >= 0.6 is 0 Å². The summed E-state index contributed by atoms with van der Waals surface area (Å²) in [6.45, 7) is 7.31. The normalized spacial score (nSPS) is 26.9. The second kappa shape index (κ2) is 6.88. The van der Waals surface area contributed by atoms with E-state index in [2.05, 4.69) is 15.2 Å². The van der Waals surface area contributed by atoms with Crippen molar-refractivity contribution in [2.75, 3.05) is 39.3 Å². The number of benzene rings is 1. The third-order valence-electron chi connectivity index (χ3n) is 6.51. The lowest BCUT2D eigenvalue weighted by atomic mass is 9.79. The summed E-state index contributed by atoms with van der Waals surface area (Å²) < 4.78 is 7.40. The van der Waals surface area contributed by atoms with Crippen LogP contribution in [-0.4, -0.2) is 70.0 Å². The second-order valence-corrected chi connectivity index (χ2v) is 8.32. The van der Waals surface area contributed by atoms with Crippen molar-refractivity contribution >= 4 is 5.91 Å². The van der Waals surface area contributed by atoms with Gasteiger partial charge in [-0.3, -0.25) is 4.79 Å². The number of carbonyl (C=O) groups excluding carboxylic acids is 1. The van der Waals surface area contributed by atoms with Gasteiger partial charge in [0.05, 0.1) is 24.3 Å². The molecule has 0 saturated carbocycles. The molecule has 1 amide bonds. The number of amides is 1. The number of nitrogens with zero attached hydrogens (tertiary/aromatic N) is 5. The van der Waals surface area contributed by atoms with Crippen molar-refractivity contribution in [1.29, 1.82) is 0 Å². The Hall–Kier alpha value is -2.41. The van der Waals surface area contributed by atoms with E-state index < -0.39 is 0 Å². The maximum absolute atomic E-state index is 13.1. The van der Waals surface area contributed by atoms with Gasteiger partial charge in [0.2, 0.25) is 5.91 Å². The minimum absolute atomic E-state index is 0.112. The minimum atomic E-state index is -0.112. The topological polar surface area (TPSA) is 63.5 Å². The molecule has 2 unspecified atom stereocenters. The number of carbonyl (C=O) groups is 1. The smallest absolute Gasteiger partial charge is 0.230 e. The highest BCUT2D eigenvalue weighted by Gasteiger charge is 2.50. The summed E-state index contributed by atoms with van der Waals surface area (Å²) in [6, 6.07) is 8.14. The molecule has 3 aliphatic rings. The zero-order valence-electron chi connectivity index (χ0n) is 16.4. The van der Waals surface area contributed by atoms with Gasteiger partial charge in [-0.1, -0.05) is 5.21 Å². The fourth-order valence-corrected chi connectivity index (χ4v) is 4.88. The number of ether oxygens (including phenoxy) is 1. The van der Waals surface area contributed by atoms with Crippen molar-refractivity contribution in [3.05, 3.63) is 30.5 Å². The van der Waals surface area contributed by atoms with Crippen molar-refractivity contribution in [2.24, 2.45) is 5.41 Å². The molecule has 5 rings (SSSR count). The van der Waals surface area contributed by atoms with Crippen LogP contribution < -0.4 is 4.74 Å². The summed E-state index contributed by atoms with van der Waals surface area (Å²) in [5, 5.41) is 8.64. The maximum Gasteiger partial charge on any atom is 0.230 e. The molecule has 148 valence electrons. The lowest BCUT2D eigenvalue weighted by Crippen LogP contribution is -2.57. The van der Waals surface area contributed by atoms with Crippen LogP contribution in [0, 0.1) is 5.41 Å². The van der Waals surface area contributed by atoms with Gasteiger partial charge < -0.3 is 14.5 Å². The average Bonchev–Trinajstić information content (AvgIpc) is 3.27. The summed E-state index contributed by atoms with van der Waals surface area (Å²) in [5.41, 5.74) is 1.76. The summed E-state index contributed by atoms with van der Waals surface area (Å²) >= 11 is 0. The lowest BCUT2D eigenvalue weighted by Gasteiger charge is -2.44. The van der Waals surface area contributed by atoms with E-state index in [1.165, 1.54) is 0 Å². The first-order valence-corrected chi connectivity index (χ1v) is 10.3. The molecule has 7 heteroatoms. The Balaban J connectivity index is 1.22. The number of aromatic nitrogens is 3. The van der Waals surface area contributed by atoms with Crippen LogP contribution in [0.25, 0.3) is 11.3 Å². The molecule has 3 saturated heterocycles. The molecule has 1 aromatic heterocycles. The van der Waals surface area contributed by atoms with Crippen molar-refractivity contribution in [3.8, 4) is 17.0 Å². The first-order valence-electron chi connectivity index (χ1n) is 10.3. The number of hydrogen-bond donors (Lipinski definition) is 0. The molecule has 0 N–H and O–H groups in total. The third kappa shape index (κ3) is 2.98. The average molecular weight is 381 g/mol. The van der Waals surface area contributed by atoms with Gasteiger partial charge in [-0.05, 0) is 63.5 Å². The molecular formula is C21H27N5O2. The fourth-order valence-electron chi connectivity index (χ4n) is 4.88. The summed E-state index contributed by atoms with van der Waals surface area (Å²) in [6.07, 6.45) is 5.21. The SMILES string of the molecule is CCOc1ccc(-c2cn(C3CN(C(=O)C45CCCN(CC4)C5)C3)nn2)cc1. The minimum Gasteiger partial charge on any atom is -0.494 e. The van der Waals surface area contributed by atoms with Crippen LogP contribution in [0.4, 0.5) is 0 Å². The zero-order valence-corrected chi connectivity index (χ0v) is 16.4. The molecule has 4 heterocycles. The molecule has 0 radical (unpaired) electrons. The van der Waals surface area contributed by atoms with Gasteiger partial charge in [-0.15, -0.1) is 5.10 Å². The predicted octanol–water partition coefficient (Wildman–Crippen LogP) is 2.21. The first kappa shape index (κ1) is 17.7. The van der Waals surface area contributed by atoms with Crippen LogP contribution in [0.3, 0.4) is 0 Å². The van der Waals surface area contributed by atoms with Crippen molar-refractivity contribution < 1.29 is 9.53 Å². The number of piperidine rings is 1.